The van der Waals surface area contributed by atoms with Crippen LogP contribution in [0.15, 0.2) is 6.07 Å². The van der Waals surface area contributed by atoms with E-state index in [1.54, 1.807) is 7.11 Å². The number of piperazine rings is 1. The van der Waals surface area contributed by atoms with E-state index in [-0.39, 0.29) is 11.8 Å². The van der Waals surface area contributed by atoms with E-state index in [9.17, 15) is 9.59 Å². The van der Waals surface area contributed by atoms with Gasteiger partial charge < -0.3 is 14.5 Å². The summed E-state index contributed by atoms with van der Waals surface area (Å²) in [4.78, 5) is 28.6. The number of carbonyl (C=O) groups is 2. The number of aryl methyl sites for hydroxylation is 1. The number of rotatable bonds is 6. The Hall–Kier alpha value is -2.04. The molecule has 26 heavy (non-hydrogen) atoms. The maximum Gasteiger partial charge on any atom is 0.227 e. The normalized spacial score (nSPS) is 14.5. The Kier molecular flexibility index (Phi) is 7.06. The number of hydrogen-bond acceptors (Lipinski definition) is 3. The number of methoxy groups -OCH3 is 1. The molecule has 0 saturated carbocycles. The molecule has 1 aliphatic rings. The van der Waals surface area contributed by atoms with Crippen LogP contribution >= 0.6 is 0 Å². The van der Waals surface area contributed by atoms with Gasteiger partial charge in [0, 0.05) is 32.6 Å². The van der Waals surface area contributed by atoms with Crippen molar-refractivity contribution in [2.45, 2.75) is 53.4 Å². The maximum atomic E-state index is 12.7. The van der Waals surface area contributed by atoms with Gasteiger partial charge in [0.15, 0.2) is 0 Å². The molecule has 1 aromatic carbocycles. The third-order valence-corrected chi connectivity index (χ3v) is 5.41. The molecule has 2 amide bonds. The van der Waals surface area contributed by atoms with E-state index in [4.69, 9.17) is 4.74 Å². The van der Waals surface area contributed by atoms with Crippen molar-refractivity contribution in [1.82, 2.24) is 9.80 Å². The molecule has 0 radical (unpaired) electrons. The molecule has 1 aromatic rings. The molecule has 1 fully saturated rings. The summed E-state index contributed by atoms with van der Waals surface area (Å²) in [5, 5.41) is 0. The predicted molar refractivity (Wildman–Crippen MR) is 104 cm³/mol. The van der Waals surface area contributed by atoms with E-state index < -0.39 is 0 Å². The Labute approximate surface area is 157 Å². The highest BCUT2D eigenvalue weighted by molar-refractivity contribution is 5.80. The Morgan fingerprint density at radius 3 is 2.12 bits per heavy atom. The van der Waals surface area contributed by atoms with Crippen LogP contribution in [0.25, 0.3) is 0 Å². The summed E-state index contributed by atoms with van der Waals surface area (Å²) in [5.41, 5.74) is 4.34. The molecular weight excluding hydrogens is 328 g/mol. The molecule has 0 bridgehead atoms. The van der Waals surface area contributed by atoms with Crippen molar-refractivity contribution >= 4 is 11.8 Å². The number of nitrogens with zero attached hydrogens (tertiary/aromatic N) is 2. The van der Waals surface area contributed by atoms with Gasteiger partial charge in [-0.25, -0.2) is 0 Å². The van der Waals surface area contributed by atoms with Gasteiger partial charge in [-0.3, -0.25) is 9.59 Å². The molecule has 144 valence electrons. The van der Waals surface area contributed by atoms with Gasteiger partial charge in [0.25, 0.3) is 0 Å². The average molecular weight is 360 g/mol. The summed E-state index contributed by atoms with van der Waals surface area (Å²) in [5.74, 6) is 1.26. The fourth-order valence-corrected chi connectivity index (χ4v) is 3.61. The number of ether oxygens (including phenoxy) is 1. The Morgan fingerprint density at radius 2 is 1.58 bits per heavy atom. The van der Waals surface area contributed by atoms with Crippen molar-refractivity contribution in [1.29, 1.82) is 0 Å². The van der Waals surface area contributed by atoms with Crippen LogP contribution in [0.5, 0.6) is 5.75 Å². The number of amides is 2. The van der Waals surface area contributed by atoms with E-state index >= 15 is 0 Å². The molecule has 1 saturated heterocycles. The molecule has 0 aromatic heterocycles. The first-order valence-electron chi connectivity index (χ1n) is 9.58. The van der Waals surface area contributed by atoms with Gasteiger partial charge in [-0.05, 0) is 49.4 Å². The van der Waals surface area contributed by atoms with Gasteiger partial charge in [-0.15, -0.1) is 0 Å². The predicted octanol–water partition coefficient (Wildman–Crippen LogP) is 3.02. The second-order valence-electron chi connectivity index (χ2n) is 7.18. The first-order chi connectivity index (χ1) is 12.4. The van der Waals surface area contributed by atoms with Crippen molar-refractivity contribution < 1.29 is 14.3 Å². The third-order valence-electron chi connectivity index (χ3n) is 5.41. The summed E-state index contributed by atoms with van der Waals surface area (Å²) in [7, 11) is 1.68. The summed E-state index contributed by atoms with van der Waals surface area (Å²) in [6, 6.07) is 2.06. The van der Waals surface area contributed by atoms with Gasteiger partial charge in [0.1, 0.15) is 5.75 Å². The molecule has 0 spiro atoms. The van der Waals surface area contributed by atoms with Crippen LogP contribution in [-0.2, 0) is 16.0 Å². The van der Waals surface area contributed by atoms with Crippen LogP contribution in [-0.4, -0.2) is 54.9 Å². The van der Waals surface area contributed by atoms with Crippen LogP contribution in [0.3, 0.4) is 0 Å². The lowest BCUT2D eigenvalue weighted by atomic mass is 9.96. The van der Waals surface area contributed by atoms with Crippen molar-refractivity contribution in [3.05, 3.63) is 28.3 Å². The van der Waals surface area contributed by atoms with Gasteiger partial charge >= 0.3 is 0 Å². The van der Waals surface area contributed by atoms with Crippen molar-refractivity contribution in [2.24, 2.45) is 0 Å². The monoisotopic (exact) mass is 360 g/mol. The average Bonchev–Trinajstić information content (AvgIpc) is 2.64. The third kappa shape index (κ3) is 4.57. The summed E-state index contributed by atoms with van der Waals surface area (Å²) in [6.45, 7) is 10.7. The van der Waals surface area contributed by atoms with Crippen LogP contribution in [0.2, 0.25) is 0 Å². The fourth-order valence-electron chi connectivity index (χ4n) is 3.61. The molecule has 0 atom stereocenters. The van der Waals surface area contributed by atoms with Gasteiger partial charge in [0.05, 0.1) is 13.5 Å². The largest absolute Gasteiger partial charge is 0.496 e. The second kappa shape index (κ2) is 9.06. The minimum atomic E-state index is 0.137. The van der Waals surface area contributed by atoms with Gasteiger partial charge in [0.2, 0.25) is 11.8 Å². The maximum absolute atomic E-state index is 12.7. The molecule has 1 heterocycles. The second-order valence-corrected chi connectivity index (χ2v) is 7.18. The number of carbonyl (C=O) groups excluding carboxylic acids is 2. The quantitative estimate of drug-likeness (QED) is 0.783. The molecule has 5 nitrogen and oxygen atoms in total. The molecule has 0 N–H and O–H groups in total. The number of benzene rings is 1. The lowest BCUT2D eigenvalue weighted by molar-refractivity contribution is -0.139. The molecule has 1 aliphatic heterocycles. The lowest BCUT2D eigenvalue weighted by Gasteiger charge is -2.35. The van der Waals surface area contributed by atoms with Crippen molar-refractivity contribution in [3.8, 4) is 5.75 Å². The Bertz CT molecular complexity index is 662. The van der Waals surface area contributed by atoms with Crippen LogP contribution in [0.1, 0.15) is 48.4 Å². The van der Waals surface area contributed by atoms with Crippen molar-refractivity contribution in [2.75, 3.05) is 33.3 Å². The SMILES string of the molecule is CCCCC(=O)N1CCN(C(=O)Cc2cc(C)c(OC)c(C)c2C)CC1. The summed E-state index contributed by atoms with van der Waals surface area (Å²) in [6.07, 6.45) is 2.99. The first-order valence-corrected chi connectivity index (χ1v) is 9.58. The Balaban J connectivity index is 1.97. The molecule has 0 aliphatic carbocycles. The fraction of sp³-hybridized carbons (Fsp3) is 0.619. The highest BCUT2D eigenvalue weighted by Crippen LogP contribution is 2.29. The van der Waals surface area contributed by atoms with E-state index in [1.165, 1.54) is 0 Å². The summed E-state index contributed by atoms with van der Waals surface area (Å²) < 4.78 is 5.46. The number of unbranched alkanes of at least 4 members (excludes halogenated alkanes) is 1. The van der Waals surface area contributed by atoms with Crippen molar-refractivity contribution in [3.63, 3.8) is 0 Å². The minimum absolute atomic E-state index is 0.137. The smallest absolute Gasteiger partial charge is 0.227 e. The van der Waals surface area contributed by atoms with Crippen LogP contribution in [0, 0.1) is 20.8 Å². The Morgan fingerprint density at radius 1 is 1.00 bits per heavy atom. The zero-order valence-electron chi connectivity index (χ0n) is 16.9. The zero-order valence-corrected chi connectivity index (χ0v) is 16.9. The topological polar surface area (TPSA) is 49.9 Å². The van der Waals surface area contributed by atoms with E-state index in [0.717, 1.165) is 40.8 Å². The highest BCUT2D eigenvalue weighted by atomic mass is 16.5. The molecule has 0 unspecified atom stereocenters. The molecule has 2 rings (SSSR count). The van der Waals surface area contributed by atoms with Gasteiger partial charge in [-0.2, -0.15) is 0 Å². The van der Waals surface area contributed by atoms with Crippen LogP contribution < -0.4 is 4.74 Å². The molecule has 5 heteroatoms. The first kappa shape index (κ1) is 20.3. The van der Waals surface area contributed by atoms with Gasteiger partial charge in [-0.1, -0.05) is 19.4 Å². The lowest BCUT2D eigenvalue weighted by Crippen LogP contribution is -2.51. The van der Waals surface area contributed by atoms with Crippen LogP contribution in [0.4, 0.5) is 0 Å². The van der Waals surface area contributed by atoms with E-state index in [0.29, 0.717) is 39.0 Å². The standard InChI is InChI=1S/C21H32N2O3/c1-6-7-8-19(24)22-9-11-23(12-10-22)20(25)14-18-13-15(2)21(26-5)17(4)16(18)3/h13H,6-12,14H2,1-5H3. The summed E-state index contributed by atoms with van der Waals surface area (Å²) >= 11 is 0. The zero-order chi connectivity index (χ0) is 19.3. The highest BCUT2D eigenvalue weighted by Gasteiger charge is 2.24. The van der Waals surface area contributed by atoms with E-state index in [1.807, 2.05) is 30.6 Å². The minimum Gasteiger partial charge on any atom is -0.496 e. The molecular formula is C21H32N2O3. The van der Waals surface area contributed by atoms with E-state index in [2.05, 4.69) is 13.0 Å². The number of hydrogen-bond donors (Lipinski definition) is 0.